The number of nitrogens with zero attached hydrogens (tertiary/aromatic N) is 3. The molecule has 1 amide bonds. The zero-order valence-electron chi connectivity index (χ0n) is 19.9. The number of hydrogen-bond donors (Lipinski definition) is 1. The topological polar surface area (TPSA) is 132 Å². The molecule has 0 saturated heterocycles. The first-order valence-corrected chi connectivity index (χ1v) is 13.9. The fraction of sp³-hybridized carbons (Fsp3) is 0.364. The normalized spacial score (nSPS) is 11.6. The summed E-state index contributed by atoms with van der Waals surface area (Å²) < 4.78 is 37.1. The van der Waals surface area contributed by atoms with Gasteiger partial charge in [0.2, 0.25) is 21.8 Å². The number of aromatic nitrogens is 2. The maximum absolute atomic E-state index is 12.6. The highest BCUT2D eigenvalue weighted by atomic mass is 32.2. The van der Waals surface area contributed by atoms with E-state index in [4.69, 9.17) is 9.15 Å². The van der Waals surface area contributed by atoms with Crippen LogP contribution in [0.2, 0.25) is 0 Å². The highest BCUT2D eigenvalue weighted by Crippen LogP contribution is 2.33. The minimum absolute atomic E-state index is 0.0146. The number of rotatable bonds is 10. The SMILES string of the molecule is CCN(CC)S(=O)(=O)c1ccc(-c2nnc(SCC(=O)Nc3sc(C)c(C)c3C(=O)OC)o2)cc1. The monoisotopic (exact) mass is 538 g/mol. The van der Waals surface area contributed by atoms with Crippen LogP contribution in [0.25, 0.3) is 11.5 Å². The minimum atomic E-state index is -3.56. The van der Waals surface area contributed by atoms with Gasteiger partial charge in [0.05, 0.1) is 23.3 Å². The second-order valence-corrected chi connectivity index (χ2v) is 11.4. The summed E-state index contributed by atoms with van der Waals surface area (Å²) in [5, 5.41) is 11.3. The Morgan fingerprint density at radius 1 is 1.14 bits per heavy atom. The number of carbonyl (C=O) groups is 2. The Kier molecular flexibility index (Phi) is 8.70. The molecule has 3 aromatic rings. The second-order valence-electron chi connectivity index (χ2n) is 7.30. The standard InChI is InChI=1S/C22H26N4O6S3/c1-6-26(7-2)35(29,30)16-10-8-15(9-11-16)19-24-25-22(32-19)33-12-17(27)23-20-18(21(28)31-5)13(3)14(4)34-20/h8-11H,6-7,12H2,1-5H3,(H,23,27). The number of carbonyl (C=O) groups excluding carboxylic acids is 2. The molecule has 0 saturated carbocycles. The number of aryl methyl sites for hydroxylation is 1. The maximum atomic E-state index is 12.6. The molecule has 3 rings (SSSR count). The summed E-state index contributed by atoms with van der Waals surface area (Å²) in [5.74, 6) is -0.657. The molecular formula is C22H26N4O6S3. The molecule has 13 heteroatoms. The third-order valence-electron chi connectivity index (χ3n) is 5.21. The van der Waals surface area contributed by atoms with Gasteiger partial charge in [0, 0.05) is 23.5 Å². The van der Waals surface area contributed by atoms with Gasteiger partial charge in [-0.05, 0) is 43.7 Å². The van der Waals surface area contributed by atoms with Crippen LogP contribution in [0.3, 0.4) is 0 Å². The lowest BCUT2D eigenvalue weighted by Crippen LogP contribution is -2.30. The van der Waals surface area contributed by atoms with Gasteiger partial charge in [-0.3, -0.25) is 4.79 Å². The van der Waals surface area contributed by atoms with Crippen molar-refractivity contribution in [2.75, 3.05) is 31.3 Å². The van der Waals surface area contributed by atoms with Crippen LogP contribution in [0.15, 0.2) is 38.8 Å². The summed E-state index contributed by atoms with van der Waals surface area (Å²) in [6.45, 7) is 8.00. The van der Waals surface area contributed by atoms with Crippen molar-refractivity contribution in [1.82, 2.24) is 14.5 Å². The van der Waals surface area contributed by atoms with Crippen LogP contribution in [0, 0.1) is 13.8 Å². The molecule has 0 atom stereocenters. The molecule has 2 aromatic heterocycles. The van der Waals surface area contributed by atoms with Gasteiger partial charge in [0.25, 0.3) is 5.22 Å². The molecule has 0 spiro atoms. The number of anilines is 1. The number of thiophene rings is 1. The van der Waals surface area contributed by atoms with Gasteiger partial charge in [-0.25, -0.2) is 13.2 Å². The molecule has 0 aliphatic carbocycles. The largest absolute Gasteiger partial charge is 0.465 e. The van der Waals surface area contributed by atoms with Crippen LogP contribution in [0.5, 0.6) is 0 Å². The quantitative estimate of drug-likeness (QED) is 0.301. The second kappa shape index (κ2) is 11.3. The smallest absolute Gasteiger partial charge is 0.341 e. The fourth-order valence-corrected chi connectivity index (χ4v) is 6.31. The Morgan fingerprint density at radius 2 is 1.80 bits per heavy atom. The Hall–Kier alpha value is -2.74. The Labute approximate surface area is 212 Å². The molecule has 1 aromatic carbocycles. The van der Waals surface area contributed by atoms with Gasteiger partial charge in [-0.1, -0.05) is 25.6 Å². The third kappa shape index (κ3) is 5.92. The number of esters is 1. The van der Waals surface area contributed by atoms with Gasteiger partial charge in [-0.15, -0.1) is 21.5 Å². The lowest BCUT2D eigenvalue weighted by Gasteiger charge is -2.18. The Balaban J connectivity index is 1.65. The van der Waals surface area contributed by atoms with Gasteiger partial charge in [0.1, 0.15) is 5.00 Å². The molecule has 0 bridgehead atoms. The van der Waals surface area contributed by atoms with Crippen molar-refractivity contribution >= 4 is 50.0 Å². The number of hydrogen-bond acceptors (Lipinski definition) is 10. The number of nitrogens with one attached hydrogen (secondary N) is 1. The first-order chi connectivity index (χ1) is 16.6. The number of sulfonamides is 1. The van der Waals surface area contributed by atoms with Crippen molar-refractivity contribution < 1.29 is 27.2 Å². The molecule has 188 valence electrons. The van der Waals surface area contributed by atoms with Crippen LogP contribution in [-0.2, 0) is 19.6 Å². The van der Waals surface area contributed by atoms with Gasteiger partial charge < -0.3 is 14.5 Å². The van der Waals surface area contributed by atoms with E-state index in [1.165, 1.54) is 34.9 Å². The average Bonchev–Trinajstić information content (AvgIpc) is 3.42. The van der Waals surface area contributed by atoms with Crippen LogP contribution in [-0.4, -0.2) is 60.7 Å². The van der Waals surface area contributed by atoms with Crippen molar-refractivity contribution in [2.45, 2.75) is 37.8 Å². The van der Waals surface area contributed by atoms with Gasteiger partial charge in [0.15, 0.2) is 0 Å². The first-order valence-electron chi connectivity index (χ1n) is 10.7. The van der Waals surface area contributed by atoms with E-state index in [0.29, 0.717) is 29.2 Å². The van der Waals surface area contributed by atoms with Crippen LogP contribution in [0.4, 0.5) is 5.00 Å². The van der Waals surface area contributed by atoms with Crippen LogP contribution in [0.1, 0.15) is 34.6 Å². The van der Waals surface area contributed by atoms with Crippen molar-refractivity contribution in [3.05, 3.63) is 40.3 Å². The molecule has 0 aliphatic rings. The fourth-order valence-electron chi connectivity index (χ4n) is 3.22. The number of amides is 1. The molecule has 2 heterocycles. The Morgan fingerprint density at radius 3 is 2.40 bits per heavy atom. The van der Waals surface area contributed by atoms with Crippen LogP contribution >= 0.6 is 23.1 Å². The summed E-state index contributed by atoms with van der Waals surface area (Å²) in [6.07, 6.45) is 0. The van der Waals surface area contributed by atoms with E-state index in [0.717, 1.165) is 22.2 Å². The highest BCUT2D eigenvalue weighted by Gasteiger charge is 2.23. The van der Waals surface area contributed by atoms with E-state index in [-0.39, 0.29) is 27.7 Å². The molecule has 35 heavy (non-hydrogen) atoms. The molecule has 0 fully saturated rings. The van der Waals surface area contributed by atoms with Crippen molar-refractivity contribution in [2.24, 2.45) is 0 Å². The van der Waals surface area contributed by atoms with E-state index in [1.807, 2.05) is 6.92 Å². The molecule has 0 unspecified atom stereocenters. The highest BCUT2D eigenvalue weighted by molar-refractivity contribution is 7.99. The molecule has 0 radical (unpaired) electrons. The molecule has 1 N–H and O–H groups in total. The van der Waals surface area contributed by atoms with E-state index < -0.39 is 16.0 Å². The molecule has 0 aliphatic heterocycles. The number of benzene rings is 1. The number of thioether (sulfide) groups is 1. The lowest BCUT2D eigenvalue weighted by molar-refractivity contribution is -0.113. The zero-order chi connectivity index (χ0) is 25.8. The van der Waals surface area contributed by atoms with Crippen molar-refractivity contribution in [3.8, 4) is 11.5 Å². The maximum Gasteiger partial charge on any atom is 0.341 e. The summed E-state index contributed by atoms with van der Waals surface area (Å²) in [4.78, 5) is 25.6. The summed E-state index contributed by atoms with van der Waals surface area (Å²) >= 11 is 2.35. The van der Waals surface area contributed by atoms with Crippen molar-refractivity contribution in [3.63, 3.8) is 0 Å². The minimum Gasteiger partial charge on any atom is -0.465 e. The molecule has 10 nitrogen and oxygen atoms in total. The van der Waals surface area contributed by atoms with E-state index in [1.54, 1.807) is 32.9 Å². The van der Waals surface area contributed by atoms with Crippen LogP contribution < -0.4 is 5.32 Å². The van der Waals surface area contributed by atoms with E-state index in [9.17, 15) is 18.0 Å². The van der Waals surface area contributed by atoms with E-state index in [2.05, 4.69) is 15.5 Å². The van der Waals surface area contributed by atoms with Crippen molar-refractivity contribution in [1.29, 1.82) is 0 Å². The third-order valence-corrected chi connectivity index (χ3v) is 9.21. The summed E-state index contributed by atoms with van der Waals surface area (Å²) in [6, 6.07) is 6.19. The predicted octanol–water partition coefficient (Wildman–Crippen LogP) is 3.96. The number of ether oxygens (including phenoxy) is 1. The van der Waals surface area contributed by atoms with Gasteiger partial charge >= 0.3 is 5.97 Å². The average molecular weight is 539 g/mol. The predicted molar refractivity (Wildman–Crippen MR) is 134 cm³/mol. The van der Waals surface area contributed by atoms with E-state index >= 15 is 0 Å². The Bertz CT molecular complexity index is 1310. The summed E-state index contributed by atoms with van der Waals surface area (Å²) in [5.41, 5.74) is 1.67. The number of methoxy groups -OCH3 is 1. The lowest BCUT2D eigenvalue weighted by atomic mass is 10.1. The van der Waals surface area contributed by atoms with Gasteiger partial charge in [-0.2, -0.15) is 4.31 Å². The first kappa shape index (κ1) is 26.9. The zero-order valence-corrected chi connectivity index (χ0v) is 22.4. The summed E-state index contributed by atoms with van der Waals surface area (Å²) in [7, 11) is -2.27. The molecular weight excluding hydrogens is 512 g/mol.